The average molecular weight is 249 g/mol. The maximum Gasteiger partial charge on any atom is 0.226 e. The van der Waals surface area contributed by atoms with Gasteiger partial charge in [-0.15, -0.1) is 0 Å². The van der Waals surface area contributed by atoms with Crippen LogP contribution in [0.2, 0.25) is 0 Å². The predicted octanol–water partition coefficient (Wildman–Crippen LogP) is 0.684. The lowest BCUT2D eigenvalue weighted by Gasteiger charge is -2.21. The molecule has 0 amide bonds. The Morgan fingerprint density at radius 2 is 2.39 bits per heavy atom. The smallest absolute Gasteiger partial charge is 0.226 e. The van der Waals surface area contributed by atoms with Crippen LogP contribution in [0.4, 0.5) is 5.95 Å². The van der Waals surface area contributed by atoms with E-state index >= 15 is 0 Å². The molecule has 0 spiro atoms. The van der Waals surface area contributed by atoms with Crippen molar-refractivity contribution in [3.63, 3.8) is 0 Å². The van der Waals surface area contributed by atoms with Crippen LogP contribution >= 0.6 is 0 Å². The summed E-state index contributed by atoms with van der Waals surface area (Å²) in [7, 11) is 1.93. The van der Waals surface area contributed by atoms with Gasteiger partial charge in [-0.1, -0.05) is 0 Å². The van der Waals surface area contributed by atoms with Crippen LogP contribution < -0.4 is 10.6 Å². The fraction of sp³-hybridized carbons (Fsp3) is 0.583. The van der Waals surface area contributed by atoms with Crippen LogP contribution in [-0.4, -0.2) is 42.1 Å². The number of ether oxygens (including phenoxy) is 1. The highest BCUT2D eigenvalue weighted by Crippen LogP contribution is 2.15. The molecule has 2 heterocycles. The quantitative estimate of drug-likeness (QED) is 0.605. The molecule has 0 saturated carbocycles. The van der Waals surface area contributed by atoms with Gasteiger partial charge in [-0.2, -0.15) is 0 Å². The molecule has 98 valence electrons. The van der Waals surface area contributed by atoms with Crippen molar-refractivity contribution in [3.05, 3.63) is 17.5 Å². The lowest BCUT2D eigenvalue weighted by molar-refractivity contribution is 0.116. The Hall–Kier alpha value is -1.69. The molecule has 1 aromatic rings. The topological polar surface area (TPSA) is 88.1 Å². The number of hydrogen-bond donors (Lipinski definition) is 2. The number of nitrogens with zero attached hydrogens (tertiary/aromatic N) is 3. The van der Waals surface area contributed by atoms with Crippen LogP contribution in [0.5, 0.6) is 0 Å². The highest BCUT2D eigenvalue weighted by molar-refractivity contribution is 5.93. The third kappa shape index (κ3) is 2.95. The number of rotatable bonds is 4. The first-order chi connectivity index (χ1) is 8.56. The van der Waals surface area contributed by atoms with Crippen molar-refractivity contribution in [1.29, 1.82) is 5.41 Å². The first kappa shape index (κ1) is 12.8. The van der Waals surface area contributed by atoms with E-state index in [0.717, 1.165) is 31.7 Å². The van der Waals surface area contributed by atoms with Crippen LogP contribution in [0.1, 0.15) is 24.2 Å². The molecule has 6 nitrogen and oxygen atoms in total. The van der Waals surface area contributed by atoms with E-state index in [-0.39, 0.29) is 11.9 Å². The molecule has 0 aliphatic carbocycles. The maximum atomic E-state index is 7.44. The molecule has 1 fully saturated rings. The number of likely N-dealkylation sites (N-methyl/N-ethyl adjacent to an activating group) is 1. The molecule has 0 bridgehead atoms. The summed E-state index contributed by atoms with van der Waals surface area (Å²) >= 11 is 0. The van der Waals surface area contributed by atoms with Gasteiger partial charge in [0.05, 0.1) is 6.10 Å². The molecule has 1 aromatic heterocycles. The zero-order valence-corrected chi connectivity index (χ0v) is 10.8. The number of anilines is 1. The van der Waals surface area contributed by atoms with Gasteiger partial charge in [-0.05, 0) is 25.8 Å². The van der Waals surface area contributed by atoms with Crippen molar-refractivity contribution in [2.75, 3.05) is 25.1 Å². The Kier molecular flexibility index (Phi) is 3.76. The summed E-state index contributed by atoms with van der Waals surface area (Å²) in [6, 6.07) is 1.71. The highest BCUT2D eigenvalue weighted by Gasteiger charge is 2.19. The van der Waals surface area contributed by atoms with Gasteiger partial charge in [0, 0.05) is 25.9 Å². The lowest BCUT2D eigenvalue weighted by Crippen LogP contribution is -2.30. The third-order valence-electron chi connectivity index (χ3n) is 2.96. The second-order valence-corrected chi connectivity index (χ2v) is 4.62. The van der Waals surface area contributed by atoms with Crippen molar-refractivity contribution in [2.45, 2.75) is 25.9 Å². The summed E-state index contributed by atoms with van der Waals surface area (Å²) in [6.45, 7) is 3.48. The van der Waals surface area contributed by atoms with Crippen molar-refractivity contribution < 1.29 is 4.74 Å². The molecule has 1 aliphatic rings. The normalized spacial score (nSPS) is 18.9. The molecule has 6 heteroatoms. The molecule has 1 atom stereocenters. The molecular formula is C12H19N5O. The van der Waals surface area contributed by atoms with E-state index in [4.69, 9.17) is 15.9 Å². The fourth-order valence-corrected chi connectivity index (χ4v) is 2.04. The van der Waals surface area contributed by atoms with Crippen LogP contribution in [0, 0.1) is 12.3 Å². The SMILES string of the molecule is Cc1cc(C(=N)N)nc(N(C)CC2CCCO2)n1. The first-order valence-electron chi connectivity index (χ1n) is 6.09. The Bertz CT molecular complexity index is 442. The van der Waals surface area contributed by atoms with E-state index in [1.54, 1.807) is 6.07 Å². The molecule has 0 aromatic carbocycles. The van der Waals surface area contributed by atoms with Crippen molar-refractivity contribution in [3.8, 4) is 0 Å². The molecule has 1 saturated heterocycles. The van der Waals surface area contributed by atoms with Gasteiger partial charge in [0.15, 0.2) is 0 Å². The number of nitrogens with two attached hydrogens (primary N) is 1. The minimum absolute atomic E-state index is 0.0349. The standard InChI is InChI=1S/C12H19N5O/c1-8-6-10(11(13)14)16-12(15-8)17(2)7-9-4-3-5-18-9/h6,9H,3-5,7H2,1-2H3,(H3,13,14). The summed E-state index contributed by atoms with van der Waals surface area (Å²) in [4.78, 5) is 10.6. The molecule has 3 N–H and O–H groups in total. The van der Waals surface area contributed by atoms with Gasteiger partial charge in [0.1, 0.15) is 11.5 Å². The summed E-state index contributed by atoms with van der Waals surface area (Å²) in [6.07, 6.45) is 2.45. The Morgan fingerprint density at radius 1 is 1.61 bits per heavy atom. The van der Waals surface area contributed by atoms with Gasteiger partial charge in [0.2, 0.25) is 5.95 Å². The molecule has 2 rings (SSSR count). The number of nitrogen functional groups attached to an aromatic ring is 1. The van der Waals surface area contributed by atoms with Gasteiger partial charge < -0.3 is 15.4 Å². The Balaban J connectivity index is 2.13. The van der Waals surface area contributed by atoms with Crippen LogP contribution in [0.25, 0.3) is 0 Å². The van der Waals surface area contributed by atoms with Crippen molar-refractivity contribution >= 4 is 11.8 Å². The van der Waals surface area contributed by atoms with Crippen LogP contribution in [-0.2, 0) is 4.74 Å². The summed E-state index contributed by atoms with van der Waals surface area (Å²) in [5, 5.41) is 7.44. The number of amidine groups is 1. The monoisotopic (exact) mass is 249 g/mol. The summed E-state index contributed by atoms with van der Waals surface area (Å²) in [5.74, 6) is 0.558. The maximum absolute atomic E-state index is 7.44. The fourth-order valence-electron chi connectivity index (χ4n) is 2.04. The minimum atomic E-state index is -0.0349. The van der Waals surface area contributed by atoms with E-state index in [9.17, 15) is 0 Å². The summed E-state index contributed by atoms with van der Waals surface area (Å²) < 4.78 is 5.59. The predicted molar refractivity (Wildman–Crippen MR) is 70.0 cm³/mol. The summed E-state index contributed by atoms with van der Waals surface area (Å²) in [5.41, 5.74) is 6.74. The third-order valence-corrected chi connectivity index (χ3v) is 2.96. The first-order valence-corrected chi connectivity index (χ1v) is 6.09. The zero-order valence-electron chi connectivity index (χ0n) is 10.8. The van der Waals surface area contributed by atoms with Gasteiger partial charge in [0.25, 0.3) is 0 Å². The number of hydrogen-bond acceptors (Lipinski definition) is 5. The minimum Gasteiger partial charge on any atom is -0.382 e. The van der Waals surface area contributed by atoms with Crippen molar-refractivity contribution in [1.82, 2.24) is 9.97 Å². The Morgan fingerprint density at radius 3 is 3.00 bits per heavy atom. The van der Waals surface area contributed by atoms with E-state index in [1.165, 1.54) is 0 Å². The lowest BCUT2D eigenvalue weighted by atomic mass is 10.2. The number of nitrogens with one attached hydrogen (secondary N) is 1. The van der Waals surface area contributed by atoms with E-state index in [1.807, 2.05) is 18.9 Å². The molecule has 1 aliphatic heterocycles. The second kappa shape index (κ2) is 5.30. The van der Waals surface area contributed by atoms with Gasteiger partial charge >= 0.3 is 0 Å². The highest BCUT2D eigenvalue weighted by atomic mass is 16.5. The molecule has 0 radical (unpaired) electrons. The molecular weight excluding hydrogens is 230 g/mol. The molecule has 18 heavy (non-hydrogen) atoms. The van der Waals surface area contributed by atoms with E-state index in [0.29, 0.717) is 11.6 Å². The average Bonchev–Trinajstić information content (AvgIpc) is 2.80. The largest absolute Gasteiger partial charge is 0.382 e. The zero-order chi connectivity index (χ0) is 13.1. The molecule has 1 unspecified atom stereocenters. The van der Waals surface area contributed by atoms with Crippen LogP contribution in [0.3, 0.4) is 0 Å². The van der Waals surface area contributed by atoms with E-state index < -0.39 is 0 Å². The number of aryl methyl sites for hydroxylation is 1. The van der Waals surface area contributed by atoms with Crippen molar-refractivity contribution in [2.24, 2.45) is 5.73 Å². The second-order valence-electron chi connectivity index (χ2n) is 4.62. The van der Waals surface area contributed by atoms with Gasteiger partial charge in [-0.25, -0.2) is 9.97 Å². The van der Waals surface area contributed by atoms with E-state index in [2.05, 4.69) is 9.97 Å². The van der Waals surface area contributed by atoms with Crippen LogP contribution in [0.15, 0.2) is 6.07 Å². The Labute approximate surface area is 107 Å². The van der Waals surface area contributed by atoms with Gasteiger partial charge in [-0.3, -0.25) is 5.41 Å². The number of aromatic nitrogens is 2.